The maximum Gasteiger partial charge on any atom is 0.338 e. The van der Waals surface area contributed by atoms with Crippen molar-refractivity contribution < 1.29 is 27.7 Å². The van der Waals surface area contributed by atoms with Crippen LogP contribution in [0.15, 0.2) is 41.3 Å². The molecule has 0 bridgehead atoms. The lowest BCUT2D eigenvalue weighted by Gasteiger charge is -2.21. The molecule has 1 saturated heterocycles. The average molecular weight is 490 g/mol. The van der Waals surface area contributed by atoms with Crippen molar-refractivity contribution in [2.45, 2.75) is 44.4 Å². The van der Waals surface area contributed by atoms with Gasteiger partial charge in [0.15, 0.2) is 0 Å². The normalized spacial score (nSPS) is 14.8. The van der Waals surface area contributed by atoms with Crippen LogP contribution in [0.5, 0.6) is 0 Å². The first kappa shape index (κ1) is 25.3. The summed E-state index contributed by atoms with van der Waals surface area (Å²) in [6.07, 6.45) is 3.56. The number of carbonyl (C=O) groups excluding carboxylic acids is 2. The van der Waals surface area contributed by atoms with Crippen molar-refractivity contribution in [1.29, 1.82) is 0 Å². The highest BCUT2D eigenvalue weighted by atomic mass is 32.2. The SMILES string of the molecule is CCOC(=O)c1cc(C(=O)Nc2ccc(C)c(S(=O)(=O)N3CCCCCC3)c2)cc([N+](=O)[O-])c1. The minimum absolute atomic E-state index is 0.0701. The van der Waals surface area contributed by atoms with E-state index in [0.717, 1.165) is 37.8 Å². The Labute approximate surface area is 198 Å². The van der Waals surface area contributed by atoms with Gasteiger partial charge < -0.3 is 10.1 Å². The summed E-state index contributed by atoms with van der Waals surface area (Å²) < 4.78 is 32.9. The van der Waals surface area contributed by atoms with Gasteiger partial charge in [-0.25, -0.2) is 13.2 Å². The summed E-state index contributed by atoms with van der Waals surface area (Å²) in [5.74, 6) is -1.52. The number of amides is 1. The second-order valence-electron chi connectivity index (χ2n) is 8.00. The van der Waals surface area contributed by atoms with Gasteiger partial charge in [0.1, 0.15) is 0 Å². The maximum atomic E-state index is 13.3. The highest BCUT2D eigenvalue weighted by Gasteiger charge is 2.27. The zero-order valence-electron chi connectivity index (χ0n) is 19.1. The third-order valence-electron chi connectivity index (χ3n) is 5.53. The fraction of sp³-hybridized carbons (Fsp3) is 0.391. The van der Waals surface area contributed by atoms with Crippen LogP contribution < -0.4 is 5.32 Å². The molecule has 182 valence electrons. The smallest absolute Gasteiger partial charge is 0.338 e. The lowest BCUT2D eigenvalue weighted by Crippen LogP contribution is -2.32. The molecule has 1 aliphatic rings. The summed E-state index contributed by atoms with van der Waals surface area (Å²) >= 11 is 0. The molecule has 0 atom stereocenters. The van der Waals surface area contributed by atoms with E-state index >= 15 is 0 Å². The average Bonchev–Trinajstić information content (AvgIpc) is 3.10. The Bertz CT molecular complexity index is 1200. The summed E-state index contributed by atoms with van der Waals surface area (Å²) in [6, 6.07) is 7.81. The maximum absolute atomic E-state index is 13.3. The molecule has 1 aliphatic heterocycles. The zero-order valence-corrected chi connectivity index (χ0v) is 19.9. The molecular formula is C23H27N3O7S. The Morgan fingerprint density at radius 3 is 2.32 bits per heavy atom. The van der Waals surface area contributed by atoms with Crippen LogP contribution in [-0.2, 0) is 14.8 Å². The number of hydrogen-bond acceptors (Lipinski definition) is 7. The standard InChI is InChI=1S/C23H27N3O7S/c1-3-33-23(28)18-12-17(13-20(14-18)26(29)30)22(27)24-19-9-8-16(2)21(15-19)34(31,32)25-10-6-4-5-7-11-25/h8-9,12-15H,3-7,10-11H2,1-2H3,(H,24,27). The number of benzene rings is 2. The third-order valence-corrected chi connectivity index (χ3v) is 7.57. The van der Waals surface area contributed by atoms with E-state index in [1.165, 1.54) is 16.4 Å². The first-order valence-corrected chi connectivity index (χ1v) is 12.5. The fourth-order valence-corrected chi connectivity index (χ4v) is 5.53. The molecule has 1 N–H and O–H groups in total. The molecule has 0 saturated carbocycles. The number of hydrogen-bond donors (Lipinski definition) is 1. The molecule has 11 heteroatoms. The van der Waals surface area contributed by atoms with Crippen LogP contribution in [0, 0.1) is 17.0 Å². The summed E-state index contributed by atoms with van der Waals surface area (Å²) in [4.78, 5) is 35.6. The van der Waals surface area contributed by atoms with E-state index in [0.29, 0.717) is 18.7 Å². The first-order valence-electron chi connectivity index (χ1n) is 11.0. The quantitative estimate of drug-likeness (QED) is 0.354. The van der Waals surface area contributed by atoms with Crippen molar-refractivity contribution in [1.82, 2.24) is 4.31 Å². The van der Waals surface area contributed by atoms with Gasteiger partial charge in [-0.15, -0.1) is 0 Å². The molecule has 3 rings (SSSR count). The van der Waals surface area contributed by atoms with Crippen LogP contribution in [0.2, 0.25) is 0 Å². The Hall–Kier alpha value is -3.31. The minimum atomic E-state index is -3.75. The summed E-state index contributed by atoms with van der Waals surface area (Å²) in [5.41, 5.74) is 0.0590. The van der Waals surface area contributed by atoms with E-state index in [1.54, 1.807) is 26.0 Å². The van der Waals surface area contributed by atoms with Gasteiger partial charge in [-0.2, -0.15) is 4.31 Å². The highest BCUT2D eigenvalue weighted by Crippen LogP contribution is 2.26. The zero-order chi connectivity index (χ0) is 24.9. The topological polar surface area (TPSA) is 136 Å². The molecule has 2 aromatic carbocycles. The predicted octanol–water partition coefficient (Wildman–Crippen LogP) is 3.90. The molecule has 0 spiro atoms. The lowest BCUT2D eigenvalue weighted by molar-refractivity contribution is -0.384. The van der Waals surface area contributed by atoms with Crippen molar-refractivity contribution in [2.24, 2.45) is 0 Å². The van der Waals surface area contributed by atoms with E-state index < -0.39 is 32.5 Å². The fourth-order valence-electron chi connectivity index (χ4n) is 3.76. The number of ether oxygens (including phenoxy) is 1. The van der Waals surface area contributed by atoms with Crippen molar-refractivity contribution in [3.05, 3.63) is 63.2 Å². The molecule has 2 aromatic rings. The number of sulfonamides is 1. The number of nitrogens with one attached hydrogen (secondary N) is 1. The van der Waals surface area contributed by atoms with Crippen molar-refractivity contribution in [2.75, 3.05) is 25.0 Å². The number of esters is 1. The van der Waals surface area contributed by atoms with Crippen LogP contribution in [-0.4, -0.2) is 49.2 Å². The van der Waals surface area contributed by atoms with Gasteiger partial charge >= 0.3 is 5.97 Å². The van der Waals surface area contributed by atoms with Crippen molar-refractivity contribution in [3.63, 3.8) is 0 Å². The van der Waals surface area contributed by atoms with E-state index in [2.05, 4.69) is 5.32 Å². The monoisotopic (exact) mass is 489 g/mol. The molecule has 0 aromatic heterocycles. The van der Waals surface area contributed by atoms with Gasteiger partial charge in [-0.3, -0.25) is 14.9 Å². The Morgan fingerprint density at radius 1 is 1.06 bits per heavy atom. The molecule has 1 heterocycles. The van der Waals surface area contributed by atoms with E-state index in [1.807, 2.05) is 0 Å². The largest absolute Gasteiger partial charge is 0.462 e. The Kier molecular flexibility index (Phi) is 8.00. The minimum Gasteiger partial charge on any atom is -0.462 e. The lowest BCUT2D eigenvalue weighted by atomic mass is 10.1. The van der Waals surface area contributed by atoms with Gasteiger partial charge in [-0.05, 0) is 50.5 Å². The number of nitro groups is 1. The van der Waals surface area contributed by atoms with E-state index in [-0.39, 0.29) is 28.3 Å². The number of aryl methyl sites for hydroxylation is 1. The van der Waals surface area contributed by atoms with Crippen LogP contribution in [0.4, 0.5) is 11.4 Å². The first-order chi connectivity index (χ1) is 16.1. The molecule has 0 aliphatic carbocycles. The van der Waals surface area contributed by atoms with Crippen molar-refractivity contribution >= 4 is 33.3 Å². The number of carbonyl (C=O) groups is 2. The molecule has 34 heavy (non-hydrogen) atoms. The van der Waals surface area contributed by atoms with Gasteiger partial charge in [0.05, 0.1) is 22.0 Å². The predicted molar refractivity (Wildman–Crippen MR) is 125 cm³/mol. The van der Waals surface area contributed by atoms with Crippen LogP contribution >= 0.6 is 0 Å². The van der Waals surface area contributed by atoms with Crippen LogP contribution in [0.3, 0.4) is 0 Å². The second kappa shape index (κ2) is 10.7. The molecule has 1 amide bonds. The summed E-state index contributed by atoms with van der Waals surface area (Å²) in [6.45, 7) is 4.24. The molecule has 1 fully saturated rings. The number of non-ortho nitro benzene ring substituents is 1. The Morgan fingerprint density at radius 2 is 1.71 bits per heavy atom. The Balaban J connectivity index is 1.91. The van der Waals surface area contributed by atoms with Crippen LogP contribution in [0.25, 0.3) is 0 Å². The molecule has 0 unspecified atom stereocenters. The third kappa shape index (κ3) is 5.78. The number of nitro benzene ring substituents is 1. The highest BCUT2D eigenvalue weighted by molar-refractivity contribution is 7.89. The van der Waals surface area contributed by atoms with Gasteiger partial charge in [-0.1, -0.05) is 18.9 Å². The van der Waals surface area contributed by atoms with E-state index in [4.69, 9.17) is 4.74 Å². The van der Waals surface area contributed by atoms with Crippen molar-refractivity contribution in [3.8, 4) is 0 Å². The van der Waals surface area contributed by atoms with E-state index in [9.17, 15) is 28.1 Å². The molecule has 0 radical (unpaired) electrons. The number of anilines is 1. The second-order valence-corrected chi connectivity index (χ2v) is 9.91. The van der Waals surface area contributed by atoms with Gasteiger partial charge in [0, 0.05) is 36.5 Å². The summed E-state index contributed by atoms with van der Waals surface area (Å²) in [5, 5.41) is 13.9. The van der Waals surface area contributed by atoms with Gasteiger partial charge in [0.25, 0.3) is 11.6 Å². The number of nitrogens with zero attached hydrogens (tertiary/aromatic N) is 2. The van der Waals surface area contributed by atoms with Crippen LogP contribution in [0.1, 0.15) is 58.9 Å². The number of rotatable bonds is 7. The van der Waals surface area contributed by atoms with Gasteiger partial charge in [0.2, 0.25) is 10.0 Å². The molecule has 10 nitrogen and oxygen atoms in total. The molecular weight excluding hydrogens is 462 g/mol. The summed E-state index contributed by atoms with van der Waals surface area (Å²) in [7, 11) is -3.75.